The molecule has 18 heavy (non-hydrogen) atoms. The van der Waals surface area contributed by atoms with Gasteiger partial charge in [0, 0.05) is 7.11 Å². The molecule has 0 radical (unpaired) electrons. The van der Waals surface area contributed by atoms with Gasteiger partial charge < -0.3 is 35.3 Å². The second kappa shape index (κ2) is 6.41. The molecule has 0 bridgehead atoms. The van der Waals surface area contributed by atoms with Crippen LogP contribution in [0.4, 0.5) is 0 Å². The highest BCUT2D eigenvalue weighted by Crippen LogP contribution is 2.21. The summed E-state index contributed by atoms with van der Waals surface area (Å²) in [5, 5.41) is 28.7. The van der Waals surface area contributed by atoms with Gasteiger partial charge in [-0.2, -0.15) is 0 Å². The smallest absolute Gasteiger partial charge is 0.322 e. The number of aliphatic hydroxyl groups is 3. The van der Waals surface area contributed by atoms with Crippen LogP contribution >= 0.6 is 0 Å². The van der Waals surface area contributed by atoms with Gasteiger partial charge in [-0.15, -0.1) is 0 Å². The summed E-state index contributed by atoms with van der Waals surface area (Å²) in [6.07, 6.45) is -6.28. The predicted molar refractivity (Wildman–Crippen MR) is 58.3 cm³/mol. The predicted octanol–water partition coefficient (Wildman–Crippen LogP) is -2.67. The van der Waals surface area contributed by atoms with E-state index in [1.807, 2.05) is 0 Å². The molecule has 1 aliphatic heterocycles. The summed E-state index contributed by atoms with van der Waals surface area (Å²) >= 11 is 0. The third kappa shape index (κ3) is 3.37. The first-order chi connectivity index (χ1) is 8.38. The number of carbonyl (C=O) groups is 1. The van der Waals surface area contributed by atoms with Crippen molar-refractivity contribution < 1.29 is 34.3 Å². The average Bonchev–Trinajstić information content (AvgIpc) is 2.34. The molecule has 0 amide bonds. The van der Waals surface area contributed by atoms with E-state index in [1.54, 1.807) is 0 Å². The molecular weight excluding hydrogens is 246 g/mol. The van der Waals surface area contributed by atoms with Gasteiger partial charge in [0.1, 0.15) is 37.1 Å². The molecule has 106 valence electrons. The fraction of sp³-hybridized carbons (Fsp3) is 0.900. The maximum atomic E-state index is 11.2. The van der Waals surface area contributed by atoms with Crippen LogP contribution in [0.15, 0.2) is 0 Å². The van der Waals surface area contributed by atoms with Crippen molar-refractivity contribution in [3.8, 4) is 0 Å². The highest BCUT2D eigenvalue weighted by molar-refractivity contribution is 5.74. The summed E-state index contributed by atoms with van der Waals surface area (Å²) in [6.45, 7) is 1.17. The third-order valence-corrected chi connectivity index (χ3v) is 2.66. The second-order valence-corrected chi connectivity index (χ2v) is 4.17. The number of carbonyl (C=O) groups excluding carboxylic acids is 1. The molecule has 6 atom stereocenters. The maximum Gasteiger partial charge on any atom is 0.322 e. The number of methoxy groups -OCH3 is 1. The number of esters is 1. The van der Waals surface area contributed by atoms with Crippen molar-refractivity contribution in [2.24, 2.45) is 5.73 Å². The van der Waals surface area contributed by atoms with E-state index in [0.29, 0.717) is 0 Å². The highest BCUT2D eigenvalue weighted by Gasteiger charge is 2.44. The van der Waals surface area contributed by atoms with E-state index in [2.05, 4.69) is 0 Å². The lowest BCUT2D eigenvalue weighted by atomic mass is 9.99. The minimum atomic E-state index is -1.44. The molecule has 1 fully saturated rings. The molecule has 8 heteroatoms. The molecule has 0 aromatic rings. The Kier molecular flexibility index (Phi) is 5.45. The molecule has 0 aliphatic carbocycles. The molecule has 1 heterocycles. The molecule has 5 N–H and O–H groups in total. The molecule has 0 spiro atoms. The fourth-order valence-corrected chi connectivity index (χ4v) is 1.54. The topological polar surface area (TPSA) is 131 Å². The Labute approximate surface area is 104 Å². The summed E-state index contributed by atoms with van der Waals surface area (Å²) in [7, 11) is 1.28. The quantitative estimate of drug-likeness (QED) is 0.405. The van der Waals surface area contributed by atoms with Crippen LogP contribution in [0, 0.1) is 0 Å². The Hall–Kier alpha value is -0.770. The summed E-state index contributed by atoms with van der Waals surface area (Å²) in [5.74, 6) is -0.652. The Morgan fingerprint density at radius 2 is 1.94 bits per heavy atom. The number of rotatable bonds is 4. The molecule has 0 aromatic carbocycles. The van der Waals surface area contributed by atoms with Gasteiger partial charge in [0.2, 0.25) is 0 Å². The Balaban J connectivity index is 2.57. The molecule has 8 nitrogen and oxygen atoms in total. The molecule has 1 rings (SSSR count). The van der Waals surface area contributed by atoms with Gasteiger partial charge in [0.15, 0.2) is 6.29 Å². The first-order valence-electron chi connectivity index (χ1n) is 5.53. The van der Waals surface area contributed by atoms with Crippen molar-refractivity contribution in [3.63, 3.8) is 0 Å². The molecule has 0 saturated carbocycles. The standard InChI is InChI=1S/C10H19NO7/c1-4(11)9(15)17-3-5-6(12)7(13)8(14)10(16-2)18-5/h4-8,10,12-14H,3,11H2,1-2H3/t4-,5+,6+,7-,8+,10-/m0/s1. The van der Waals surface area contributed by atoms with Crippen molar-refractivity contribution in [3.05, 3.63) is 0 Å². The number of hydrogen-bond acceptors (Lipinski definition) is 8. The Morgan fingerprint density at radius 3 is 2.44 bits per heavy atom. The summed E-state index contributed by atoms with van der Waals surface area (Å²) < 4.78 is 14.8. The van der Waals surface area contributed by atoms with Crippen LogP contribution in [-0.4, -0.2) is 71.8 Å². The number of ether oxygens (including phenoxy) is 3. The van der Waals surface area contributed by atoms with E-state index >= 15 is 0 Å². The second-order valence-electron chi connectivity index (χ2n) is 4.17. The summed E-state index contributed by atoms with van der Waals surface area (Å²) in [6, 6.07) is -0.792. The number of hydrogen-bond donors (Lipinski definition) is 4. The van der Waals surface area contributed by atoms with Gasteiger partial charge in [-0.25, -0.2) is 0 Å². The summed E-state index contributed by atoms with van der Waals surface area (Å²) in [4.78, 5) is 11.2. The van der Waals surface area contributed by atoms with Crippen molar-refractivity contribution in [1.29, 1.82) is 0 Å². The highest BCUT2D eigenvalue weighted by atomic mass is 16.7. The van der Waals surface area contributed by atoms with E-state index in [1.165, 1.54) is 14.0 Å². The van der Waals surface area contributed by atoms with Gasteiger partial charge >= 0.3 is 5.97 Å². The average molecular weight is 265 g/mol. The monoisotopic (exact) mass is 265 g/mol. The van der Waals surface area contributed by atoms with Crippen molar-refractivity contribution >= 4 is 5.97 Å². The van der Waals surface area contributed by atoms with E-state index < -0.39 is 42.7 Å². The van der Waals surface area contributed by atoms with E-state index in [4.69, 9.17) is 19.9 Å². The van der Waals surface area contributed by atoms with Crippen molar-refractivity contribution in [2.75, 3.05) is 13.7 Å². The van der Waals surface area contributed by atoms with Crippen LogP contribution in [0.3, 0.4) is 0 Å². The minimum absolute atomic E-state index is 0.287. The lowest BCUT2D eigenvalue weighted by Gasteiger charge is -2.39. The van der Waals surface area contributed by atoms with Gasteiger partial charge in [0.05, 0.1) is 0 Å². The van der Waals surface area contributed by atoms with Crippen molar-refractivity contribution in [1.82, 2.24) is 0 Å². The van der Waals surface area contributed by atoms with E-state index in [0.717, 1.165) is 0 Å². The molecule has 1 aliphatic rings. The van der Waals surface area contributed by atoms with E-state index in [-0.39, 0.29) is 6.61 Å². The maximum absolute atomic E-state index is 11.2. The zero-order chi connectivity index (χ0) is 13.9. The van der Waals surface area contributed by atoms with Gasteiger partial charge in [-0.05, 0) is 6.92 Å². The first-order valence-corrected chi connectivity index (χ1v) is 5.53. The zero-order valence-electron chi connectivity index (χ0n) is 10.2. The lowest BCUT2D eigenvalue weighted by Crippen LogP contribution is -2.59. The third-order valence-electron chi connectivity index (χ3n) is 2.66. The fourth-order valence-electron chi connectivity index (χ4n) is 1.54. The molecule has 1 saturated heterocycles. The lowest BCUT2D eigenvalue weighted by molar-refractivity contribution is -0.295. The van der Waals surface area contributed by atoms with Crippen LogP contribution in [0.5, 0.6) is 0 Å². The zero-order valence-corrected chi connectivity index (χ0v) is 10.2. The minimum Gasteiger partial charge on any atom is -0.462 e. The van der Waals surface area contributed by atoms with Crippen molar-refractivity contribution in [2.45, 2.75) is 43.7 Å². The molecular formula is C10H19NO7. The van der Waals surface area contributed by atoms with Gasteiger partial charge in [0.25, 0.3) is 0 Å². The van der Waals surface area contributed by atoms with E-state index in [9.17, 15) is 20.1 Å². The van der Waals surface area contributed by atoms with Crippen LogP contribution in [0.25, 0.3) is 0 Å². The first kappa shape index (κ1) is 15.3. The summed E-state index contributed by atoms with van der Waals surface area (Å²) in [5.41, 5.74) is 5.30. The van der Waals surface area contributed by atoms with Crippen LogP contribution in [-0.2, 0) is 19.0 Å². The SMILES string of the molecule is CO[C@H]1O[C@H](COC(=O)[C@H](C)N)[C@@H](O)[C@H](O)[C@H]1O. The Bertz CT molecular complexity index is 283. The van der Waals surface area contributed by atoms with Gasteiger partial charge in [-0.3, -0.25) is 4.79 Å². The van der Waals surface area contributed by atoms with Crippen LogP contribution in [0.1, 0.15) is 6.92 Å². The largest absolute Gasteiger partial charge is 0.462 e. The van der Waals surface area contributed by atoms with Gasteiger partial charge in [-0.1, -0.05) is 0 Å². The van der Waals surface area contributed by atoms with Crippen LogP contribution < -0.4 is 5.73 Å². The molecule has 0 aromatic heterocycles. The molecule has 0 unspecified atom stereocenters. The number of nitrogens with two attached hydrogens (primary N) is 1. The van der Waals surface area contributed by atoms with Crippen LogP contribution in [0.2, 0.25) is 0 Å². The number of aliphatic hydroxyl groups excluding tert-OH is 3. The normalized spacial score (nSPS) is 38.2. The Morgan fingerprint density at radius 1 is 1.33 bits per heavy atom.